The van der Waals surface area contributed by atoms with Crippen molar-refractivity contribution >= 4 is 17.4 Å². The summed E-state index contributed by atoms with van der Waals surface area (Å²) in [5.41, 5.74) is 2.09. The Hall–Kier alpha value is -1.88. The number of urea groups is 1. The second-order valence-corrected chi connectivity index (χ2v) is 6.79. The Labute approximate surface area is 135 Å². The van der Waals surface area contributed by atoms with Crippen molar-refractivity contribution in [1.29, 1.82) is 0 Å². The van der Waals surface area contributed by atoms with Gasteiger partial charge in [0.05, 0.1) is 12.2 Å². The molecule has 22 heavy (non-hydrogen) atoms. The van der Waals surface area contributed by atoms with E-state index in [1.807, 2.05) is 40.6 Å². The van der Waals surface area contributed by atoms with Gasteiger partial charge >= 0.3 is 6.03 Å². The minimum absolute atomic E-state index is 0.0306. The van der Waals surface area contributed by atoms with Gasteiger partial charge in [-0.1, -0.05) is 37.3 Å². The van der Waals surface area contributed by atoms with Gasteiger partial charge in [-0.2, -0.15) is 0 Å². The van der Waals surface area contributed by atoms with Crippen molar-refractivity contribution in [3.63, 3.8) is 0 Å². The van der Waals surface area contributed by atoms with Crippen molar-refractivity contribution in [2.75, 3.05) is 13.1 Å². The molecule has 1 atom stereocenters. The lowest BCUT2D eigenvalue weighted by atomic mass is 10.0. The highest BCUT2D eigenvalue weighted by molar-refractivity contribution is 7.09. The highest BCUT2D eigenvalue weighted by Gasteiger charge is 2.20. The Morgan fingerprint density at radius 2 is 2.23 bits per heavy atom. The zero-order valence-corrected chi connectivity index (χ0v) is 13.6. The molecule has 1 aliphatic rings. The van der Waals surface area contributed by atoms with Gasteiger partial charge in [0, 0.05) is 24.0 Å². The highest BCUT2D eigenvalue weighted by Crippen LogP contribution is 2.21. The molecule has 2 heterocycles. The van der Waals surface area contributed by atoms with Gasteiger partial charge in [-0.3, -0.25) is 0 Å². The third-order valence-electron chi connectivity index (χ3n) is 3.96. The van der Waals surface area contributed by atoms with Crippen LogP contribution in [0.25, 0.3) is 11.3 Å². The molecule has 0 spiro atoms. The fourth-order valence-corrected chi connectivity index (χ4v) is 3.51. The van der Waals surface area contributed by atoms with Gasteiger partial charge in [-0.15, -0.1) is 11.3 Å². The van der Waals surface area contributed by atoms with Crippen LogP contribution in [-0.2, 0) is 6.54 Å². The minimum atomic E-state index is 0.0306. The predicted octanol–water partition coefficient (Wildman–Crippen LogP) is 3.75. The summed E-state index contributed by atoms with van der Waals surface area (Å²) in [5, 5.41) is 5.97. The second-order valence-electron chi connectivity index (χ2n) is 5.84. The number of rotatable bonds is 3. The maximum Gasteiger partial charge on any atom is 0.317 e. The molecule has 0 aliphatic carbocycles. The molecule has 0 radical (unpaired) electrons. The van der Waals surface area contributed by atoms with Crippen molar-refractivity contribution in [3.8, 4) is 11.3 Å². The summed E-state index contributed by atoms with van der Waals surface area (Å²) in [7, 11) is 0. The molecule has 1 aromatic carbocycles. The number of hydrogen-bond donors (Lipinski definition) is 1. The number of thiazole rings is 1. The van der Waals surface area contributed by atoms with Crippen LogP contribution in [0, 0.1) is 5.92 Å². The van der Waals surface area contributed by atoms with Crippen molar-refractivity contribution in [2.45, 2.75) is 26.3 Å². The van der Waals surface area contributed by atoms with Crippen LogP contribution in [0.4, 0.5) is 4.79 Å². The Bertz CT molecular complexity index is 626. The quantitative estimate of drug-likeness (QED) is 0.937. The Morgan fingerprint density at radius 1 is 1.41 bits per heavy atom. The summed E-state index contributed by atoms with van der Waals surface area (Å²) in [6.07, 6.45) is 2.32. The molecule has 1 unspecified atom stereocenters. The first kappa shape index (κ1) is 15.0. The van der Waals surface area contributed by atoms with Gasteiger partial charge in [0.15, 0.2) is 0 Å². The fourth-order valence-electron chi connectivity index (χ4n) is 2.77. The monoisotopic (exact) mass is 315 g/mol. The summed E-state index contributed by atoms with van der Waals surface area (Å²) >= 11 is 1.59. The van der Waals surface area contributed by atoms with Gasteiger partial charge in [0.25, 0.3) is 0 Å². The number of hydrogen-bond acceptors (Lipinski definition) is 3. The van der Waals surface area contributed by atoms with Crippen LogP contribution in [0.2, 0.25) is 0 Å². The lowest BCUT2D eigenvalue weighted by Gasteiger charge is -2.30. The number of nitrogens with zero attached hydrogens (tertiary/aromatic N) is 2. The van der Waals surface area contributed by atoms with E-state index in [1.165, 1.54) is 6.42 Å². The summed E-state index contributed by atoms with van der Waals surface area (Å²) in [4.78, 5) is 18.7. The standard InChI is InChI=1S/C17H21N3OS/c1-13-6-5-9-20(11-13)17(21)18-10-16-19-15(12-22-16)14-7-3-2-4-8-14/h2-4,7-8,12-13H,5-6,9-11H2,1H3,(H,18,21). The molecule has 1 aromatic heterocycles. The van der Waals surface area contributed by atoms with E-state index in [9.17, 15) is 4.79 Å². The summed E-state index contributed by atoms with van der Waals surface area (Å²) in [5.74, 6) is 0.601. The van der Waals surface area contributed by atoms with Crippen molar-refractivity contribution < 1.29 is 4.79 Å². The molecule has 2 aromatic rings. The smallest absolute Gasteiger partial charge is 0.317 e. The normalized spacial score (nSPS) is 18.2. The van der Waals surface area contributed by atoms with Crippen LogP contribution >= 0.6 is 11.3 Å². The van der Waals surface area contributed by atoms with E-state index in [0.29, 0.717) is 12.5 Å². The molecule has 1 fully saturated rings. The Morgan fingerprint density at radius 3 is 3.00 bits per heavy atom. The van der Waals surface area contributed by atoms with E-state index in [2.05, 4.69) is 17.2 Å². The zero-order chi connectivity index (χ0) is 15.4. The van der Waals surface area contributed by atoms with Crippen LogP contribution in [0.3, 0.4) is 0 Å². The molecule has 4 nitrogen and oxygen atoms in total. The van der Waals surface area contributed by atoms with Crippen LogP contribution in [0.15, 0.2) is 35.7 Å². The minimum Gasteiger partial charge on any atom is -0.331 e. The number of nitrogens with one attached hydrogen (secondary N) is 1. The molecular weight excluding hydrogens is 294 g/mol. The largest absolute Gasteiger partial charge is 0.331 e. The summed E-state index contributed by atoms with van der Waals surface area (Å²) in [6.45, 7) is 4.43. The molecule has 2 amide bonds. The molecule has 5 heteroatoms. The number of benzene rings is 1. The second kappa shape index (κ2) is 6.92. The average Bonchev–Trinajstić information content (AvgIpc) is 3.02. The third kappa shape index (κ3) is 3.65. The maximum absolute atomic E-state index is 12.2. The van der Waals surface area contributed by atoms with Gasteiger partial charge < -0.3 is 10.2 Å². The van der Waals surface area contributed by atoms with Crippen molar-refractivity contribution in [3.05, 3.63) is 40.7 Å². The Kier molecular flexibility index (Phi) is 4.73. The van der Waals surface area contributed by atoms with Gasteiger partial charge in [-0.05, 0) is 18.8 Å². The number of amides is 2. The number of likely N-dealkylation sites (tertiary alicyclic amines) is 1. The average molecular weight is 315 g/mol. The van der Waals surface area contributed by atoms with Gasteiger partial charge in [-0.25, -0.2) is 9.78 Å². The first-order valence-corrected chi connectivity index (χ1v) is 8.63. The number of carbonyl (C=O) groups excluding carboxylic acids is 1. The van der Waals surface area contributed by atoms with Crippen molar-refractivity contribution in [1.82, 2.24) is 15.2 Å². The molecule has 1 saturated heterocycles. The van der Waals surface area contributed by atoms with Crippen LogP contribution in [0.5, 0.6) is 0 Å². The number of aromatic nitrogens is 1. The predicted molar refractivity (Wildman–Crippen MR) is 89.8 cm³/mol. The SMILES string of the molecule is CC1CCCN(C(=O)NCc2nc(-c3ccccc3)cs2)C1. The Balaban J connectivity index is 1.56. The number of carbonyl (C=O) groups is 1. The topological polar surface area (TPSA) is 45.2 Å². The van der Waals surface area contributed by atoms with Crippen molar-refractivity contribution in [2.24, 2.45) is 5.92 Å². The van der Waals surface area contributed by atoms with Crippen LogP contribution in [0.1, 0.15) is 24.8 Å². The van der Waals surface area contributed by atoms with E-state index in [1.54, 1.807) is 11.3 Å². The summed E-state index contributed by atoms with van der Waals surface area (Å²) < 4.78 is 0. The van der Waals surface area contributed by atoms with Gasteiger partial charge in [0.2, 0.25) is 0 Å². The van der Waals surface area contributed by atoms with E-state index >= 15 is 0 Å². The molecule has 1 N–H and O–H groups in total. The maximum atomic E-state index is 12.2. The van der Waals surface area contributed by atoms with E-state index in [0.717, 1.165) is 35.8 Å². The molecule has 3 rings (SSSR count). The lowest BCUT2D eigenvalue weighted by molar-refractivity contribution is 0.169. The van der Waals surface area contributed by atoms with Gasteiger partial charge in [0.1, 0.15) is 5.01 Å². The molecule has 0 bridgehead atoms. The zero-order valence-electron chi connectivity index (χ0n) is 12.8. The van der Waals surface area contributed by atoms with Crippen LogP contribution < -0.4 is 5.32 Å². The lowest BCUT2D eigenvalue weighted by Crippen LogP contribution is -2.44. The number of piperidine rings is 1. The van der Waals surface area contributed by atoms with E-state index in [-0.39, 0.29) is 6.03 Å². The molecular formula is C17H21N3OS. The molecule has 116 valence electrons. The summed E-state index contributed by atoms with van der Waals surface area (Å²) in [6, 6.07) is 10.1. The third-order valence-corrected chi connectivity index (χ3v) is 4.81. The first-order chi connectivity index (χ1) is 10.7. The first-order valence-electron chi connectivity index (χ1n) is 7.75. The molecule has 0 saturated carbocycles. The molecule has 1 aliphatic heterocycles. The van der Waals surface area contributed by atoms with E-state index in [4.69, 9.17) is 0 Å². The van der Waals surface area contributed by atoms with E-state index < -0.39 is 0 Å². The highest BCUT2D eigenvalue weighted by atomic mass is 32.1. The fraction of sp³-hybridized carbons (Fsp3) is 0.412. The van der Waals surface area contributed by atoms with Crippen LogP contribution in [-0.4, -0.2) is 29.0 Å².